The highest BCUT2D eigenvalue weighted by molar-refractivity contribution is 7.07. The molecule has 21 heavy (non-hydrogen) atoms. The van der Waals surface area contributed by atoms with Crippen LogP contribution < -0.4 is 4.87 Å². The molecule has 0 radical (unpaired) electrons. The molecule has 0 unspecified atom stereocenters. The first-order valence-electron chi connectivity index (χ1n) is 6.46. The molecular weight excluding hydrogens is 292 g/mol. The van der Waals surface area contributed by atoms with Gasteiger partial charge in [-0.25, -0.2) is 4.98 Å². The van der Waals surface area contributed by atoms with Crippen LogP contribution in [-0.4, -0.2) is 29.9 Å². The molecular formula is C12H14N6O2S. The van der Waals surface area contributed by atoms with Crippen molar-refractivity contribution in [2.75, 3.05) is 0 Å². The van der Waals surface area contributed by atoms with Gasteiger partial charge in [-0.1, -0.05) is 16.5 Å². The second-order valence-electron chi connectivity index (χ2n) is 4.66. The standard InChI is InChI=1S/C12H14N6O2S/c1-7-6-21-12(19)18(7)4-3-11-14-10(17-20-11)5-9-13-8(2)15-16-9/h6H,3-5H2,1-2H3,(H,13,15,16). The molecule has 110 valence electrons. The van der Waals surface area contributed by atoms with Crippen LogP contribution >= 0.6 is 11.3 Å². The number of nitrogens with zero attached hydrogens (tertiary/aromatic N) is 5. The Kier molecular flexibility index (Phi) is 3.65. The largest absolute Gasteiger partial charge is 0.339 e. The Morgan fingerprint density at radius 3 is 2.86 bits per heavy atom. The van der Waals surface area contributed by atoms with E-state index in [0.717, 1.165) is 11.5 Å². The number of H-pyrrole nitrogens is 1. The van der Waals surface area contributed by atoms with Gasteiger partial charge in [0.15, 0.2) is 11.6 Å². The van der Waals surface area contributed by atoms with Crippen LogP contribution in [0.15, 0.2) is 14.7 Å². The van der Waals surface area contributed by atoms with E-state index in [1.165, 1.54) is 11.3 Å². The van der Waals surface area contributed by atoms with Gasteiger partial charge in [0.2, 0.25) is 5.89 Å². The van der Waals surface area contributed by atoms with Gasteiger partial charge in [-0.15, -0.1) is 0 Å². The lowest BCUT2D eigenvalue weighted by Crippen LogP contribution is -2.16. The maximum atomic E-state index is 11.6. The minimum absolute atomic E-state index is 0.0310. The summed E-state index contributed by atoms with van der Waals surface area (Å²) in [6, 6.07) is 0. The van der Waals surface area contributed by atoms with Crippen LogP contribution in [0, 0.1) is 13.8 Å². The zero-order valence-corrected chi connectivity index (χ0v) is 12.5. The lowest BCUT2D eigenvalue weighted by Gasteiger charge is -2.00. The van der Waals surface area contributed by atoms with Gasteiger partial charge >= 0.3 is 4.87 Å². The van der Waals surface area contributed by atoms with Crippen molar-refractivity contribution in [3.8, 4) is 0 Å². The molecule has 0 aliphatic rings. The van der Waals surface area contributed by atoms with Gasteiger partial charge < -0.3 is 9.09 Å². The number of aryl methyl sites for hydroxylation is 3. The van der Waals surface area contributed by atoms with Gasteiger partial charge in [0.05, 0.1) is 6.42 Å². The average Bonchev–Trinajstić information content (AvgIpc) is 3.13. The minimum atomic E-state index is 0.0310. The SMILES string of the molecule is Cc1nc(Cc2noc(CCn3c(C)csc3=O)n2)n[nH]1. The maximum absolute atomic E-state index is 11.6. The van der Waals surface area contributed by atoms with Gasteiger partial charge in [0.1, 0.15) is 5.82 Å². The van der Waals surface area contributed by atoms with E-state index in [9.17, 15) is 4.79 Å². The monoisotopic (exact) mass is 306 g/mol. The minimum Gasteiger partial charge on any atom is -0.339 e. The Morgan fingerprint density at radius 2 is 2.19 bits per heavy atom. The fourth-order valence-electron chi connectivity index (χ4n) is 1.95. The summed E-state index contributed by atoms with van der Waals surface area (Å²) >= 11 is 1.20. The lowest BCUT2D eigenvalue weighted by molar-refractivity contribution is 0.366. The topological polar surface area (TPSA) is 102 Å². The van der Waals surface area contributed by atoms with Crippen molar-refractivity contribution in [3.05, 3.63) is 44.1 Å². The van der Waals surface area contributed by atoms with Crippen LogP contribution in [0.4, 0.5) is 0 Å². The zero-order valence-electron chi connectivity index (χ0n) is 11.7. The molecule has 0 spiro atoms. The Labute approximate surface area is 123 Å². The molecule has 9 heteroatoms. The lowest BCUT2D eigenvalue weighted by atomic mass is 10.3. The third-order valence-corrected chi connectivity index (χ3v) is 3.88. The van der Waals surface area contributed by atoms with E-state index in [4.69, 9.17) is 4.52 Å². The van der Waals surface area contributed by atoms with Crippen LogP contribution in [0.3, 0.4) is 0 Å². The number of nitrogens with one attached hydrogen (secondary N) is 1. The first-order valence-corrected chi connectivity index (χ1v) is 7.34. The van der Waals surface area contributed by atoms with Crippen molar-refractivity contribution >= 4 is 11.3 Å². The van der Waals surface area contributed by atoms with E-state index in [2.05, 4.69) is 25.3 Å². The van der Waals surface area contributed by atoms with Crippen molar-refractivity contribution in [2.24, 2.45) is 0 Å². The Balaban J connectivity index is 1.64. The van der Waals surface area contributed by atoms with Crippen molar-refractivity contribution < 1.29 is 4.52 Å². The molecule has 3 heterocycles. The number of thiazole rings is 1. The Hall–Kier alpha value is -2.29. The van der Waals surface area contributed by atoms with Crippen LogP contribution in [0.2, 0.25) is 0 Å². The second kappa shape index (κ2) is 5.60. The van der Waals surface area contributed by atoms with Gasteiger partial charge in [0, 0.05) is 24.0 Å². The summed E-state index contributed by atoms with van der Waals surface area (Å²) in [6.45, 7) is 4.28. The van der Waals surface area contributed by atoms with Crippen molar-refractivity contribution in [3.63, 3.8) is 0 Å². The number of aromatic nitrogens is 6. The Bertz CT molecular complexity index is 799. The van der Waals surface area contributed by atoms with Gasteiger partial charge in [-0.3, -0.25) is 9.89 Å². The molecule has 3 rings (SSSR count). The summed E-state index contributed by atoms with van der Waals surface area (Å²) < 4.78 is 6.88. The molecule has 1 N–H and O–H groups in total. The number of aromatic amines is 1. The van der Waals surface area contributed by atoms with Gasteiger partial charge in [-0.2, -0.15) is 10.1 Å². The quantitative estimate of drug-likeness (QED) is 0.750. The van der Waals surface area contributed by atoms with E-state index in [-0.39, 0.29) is 4.87 Å². The summed E-state index contributed by atoms with van der Waals surface area (Å²) in [5.74, 6) is 2.43. The molecule has 0 aromatic carbocycles. The highest BCUT2D eigenvalue weighted by Crippen LogP contribution is 2.06. The van der Waals surface area contributed by atoms with Crippen LogP contribution in [0.25, 0.3) is 0 Å². The van der Waals surface area contributed by atoms with Crippen LogP contribution in [0.1, 0.15) is 29.1 Å². The number of hydrogen-bond donors (Lipinski definition) is 1. The molecule has 0 amide bonds. The third-order valence-electron chi connectivity index (χ3n) is 3.00. The summed E-state index contributed by atoms with van der Waals surface area (Å²) in [7, 11) is 0. The molecule has 0 saturated heterocycles. The van der Waals surface area contributed by atoms with Crippen molar-refractivity contribution in [2.45, 2.75) is 33.2 Å². The van der Waals surface area contributed by atoms with Crippen LogP contribution in [0.5, 0.6) is 0 Å². The molecule has 0 fully saturated rings. The number of hydrogen-bond acceptors (Lipinski definition) is 7. The summed E-state index contributed by atoms with van der Waals surface area (Å²) in [6.07, 6.45) is 0.947. The van der Waals surface area contributed by atoms with E-state index in [1.807, 2.05) is 19.2 Å². The van der Waals surface area contributed by atoms with Gasteiger partial charge in [-0.05, 0) is 13.8 Å². The summed E-state index contributed by atoms with van der Waals surface area (Å²) in [4.78, 5) is 20.1. The average molecular weight is 306 g/mol. The van der Waals surface area contributed by atoms with E-state index in [1.54, 1.807) is 4.57 Å². The predicted octanol–water partition coefficient (Wildman–Crippen LogP) is 0.861. The Morgan fingerprint density at radius 1 is 1.33 bits per heavy atom. The molecule has 0 aliphatic carbocycles. The summed E-state index contributed by atoms with van der Waals surface area (Å²) in [5, 5.41) is 12.5. The van der Waals surface area contributed by atoms with E-state index in [0.29, 0.717) is 36.9 Å². The van der Waals surface area contributed by atoms with E-state index >= 15 is 0 Å². The first-order chi connectivity index (χ1) is 10.1. The molecule has 0 bridgehead atoms. The van der Waals surface area contributed by atoms with Crippen molar-refractivity contribution in [1.29, 1.82) is 0 Å². The first kappa shape index (κ1) is 13.7. The van der Waals surface area contributed by atoms with Gasteiger partial charge in [0.25, 0.3) is 0 Å². The number of rotatable bonds is 5. The van der Waals surface area contributed by atoms with Crippen molar-refractivity contribution in [1.82, 2.24) is 29.9 Å². The molecule has 3 aromatic heterocycles. The normalized spacial score (nSPS) is 11.1. The zero-order chi connectivity index (χ0) is 14.8. The predicted molar refractivity (Wildman–Crippen MR) is 75.2 cm³/mol. The molecule has 8 nitrogen and oxygen atoms in total. The van der Waals surface area contributed by atoms with Crippen LogP contribution in [-0.2, 0) is 19.4 Å². The highest BCUT2D eigenvalue weighted by atomic mass is 32.1. The maximum Gasteiger partial charge on any atom is 0.307 e. The highest BCUT2D eigenvalue weighted by Gasteiger charge is 2.11. The molecule has 0 aliphatic heterocycles. The molecule has 0 saturated carbocycles. The third kappa shape index (κ3) is 3.07. The second-order valence-corrected chi connectivity index (χ2v) is 5.48. The summed E-state index contributed by atoms with van der Waals surface area (Å²) in [5.41, 5.74) is 0.945. The fraction of sp³-hybridized carbons (Fsp3) is 0.417. The van der Waals surface area contributed by atoms with E-state index < -0.39 is 0 Å². The smallest absolute Gasteiger partial charge is 0.307 e. The fourth-order valence-corrected chi connectivity index (χ4v) is 2.72. The molecule has 3 aromatic rings. The molecule has 0 atom stereocenters.